The van der Waals surface area contributed by atoms with Crippen LogP contribution in [-0.4, -0.2) is 30.8 Å². The molecule has 0 aromatic heterocycles. The van der Waals surface area contributed by atoms with Crippen LogP contribution < -0.4 is 10.2 Å². The van der Waals surface area contributed by atoms with Gasteiger partial charge in [-0.15, -0.1) is 0 Å². The van der Waals surface area contributed by atoms with Gasteiger partial charge in [-0.3, -0.25) is 0 Å². The number of nitrogens with one attached hydrogen (secondary N) is 1. The van der Waals surface area contributed by atoms with Crippen molar-refractivity contribution in [2.24, 2.45) is 0 Å². The molecule has 1 aromatic carbocycles. The number of hydrogen-bond donors (Lipinski definition) is 1. The van der Waals surface area contributed by atoms with Gasteiger partial charge in [-0.25, -0.2) is 14.0 Å². The molecule has 7 heteroatoms. The topological polar surface area (TPSA) is 67.9 Å². The molecule has 26 heavy (non-hydrogen) atoms. The second-order valence-corrected chi connectivity index (χ2v) is 6.95. The number of ether oxygens (including phenoxy) is 2. The summed E-state index contributed by atoms with van der Waals surface area (Å²) in [5.41, 5.74) is 0.740. The van der Waals surface area contributed by atoms with Crippen LogP contribution >= 0.6 is 0 Å². The van der Waals surface area contributed by atoms with E-state index in [1.807, 2.05) is 0 Å². The average molecular weight is 362 g/mol. The summed E-state index contributed by atoms with van der Waals surface area (Å²) in [6.45, 7) is 4.65. The molecule has 0 unspecified atom stereocenters. The summed E-state index contributed by atoms with van der Waals surface area (Å²) in [7, 11) is 0. The van der Waals surface area contributed by atoms with Crippen LogP contribution in [0.2, 0.25) is 0 Å². The van der Waals surface area contributed by atoms with E-state index in [0.29, 0.717) is 11.4 Å². The zero-order valence-corrected chi connectivity index (χ0v) is 15.0. The van der Waals surface area contributed by atoms with E-state index in [0.717, 1.165) is 25.9 Å². The van der Waals surface area contributed by atoms with Crippen LogP contribution in [0.5, 0.6) is 0 Å². The van der Waals surface area contributed by atoms with Crippen molar-refractivity contribution in [3.05, 3.63) is 35.8 Å². The van der Waals surface area contributed by atoms with Crippen LogP contribution in [-0.2, 0) is 19.1 Å². The van der Waals surface area contributed by atoms with Gasteiger partial charge in [0, 0.05) is 38.8 Å². The number of carbonyl (C=O) groups excluding carboxylic acids is 2. The van der Waals surface area contributed by atoms with E-state index in [4.69, 9.17) is 9.47 Å². The van der Waals surface area contributed by atoms with Crippen LogP contribution in [0.25, 0.3) is 0 Å². The average Bonchev–Trinajstić information content (AvgIpc) is 2.82. The second kappa shape index (κ2) is 7.35. The molecule has 6 nitrogen and oxygen atoms in total. The molecule has 2 aliphatic rings. The summed E-state index contributed by atoms with van der Waals surface area (Å²) in [6, 6.07) is 4.77. The molecule has 0 bridgehead atoms. The number of hydrogen-bond acceptors (Lipinski definition) is 6. The second-order valence-electron chi connectivity index (χ2n) is 6.95. The highest BCUT2D eigenvalue weighted by molar-refractivity contribution is 6.15. The van der Waals surface area contributed by atoms with Gasteiger partial charge in [0.05, 0.1) is 5.69 Å². The highest BCUT2D eigenvalue weighted by Gasteiger charge is 2.38. The fraction of sp³-hybridized carbons (Fsp3) is 0.474. The van der Waals surface area contributed by atoms with E-state index in [2.05, 4.69) is 10.2 Å². The molecule has 0 saturated carbocycles. The van der Waals surface area contributed by atoms with Crippen molar-refractivity contribution < 1.29 is 23.5 Å². The Morgan fingerprint density at radius 3 is 2.27 bits per heavy atom. The standard InChI is InChI=1S/C19H23FN2O4/c1-19(2)25-17(23)14(18(24)26-19)12-21-13-7-8-16(15(20)11-13)22-9-5-3-4-6-10-22/h7-8,11-12,21H,3-6,9-10H2,1-2H3. The molecule has 0 aliphatic carbocycles. The Hall–Kier alpha value is -2.57. The molecule has 140 valence electrons. The van der Waals surface area contributed by atoms with Crippen molar-refractivity contribution in [3.8, 4) is 0 Å². The molecule has 2 saturated heterocycles. The fourth-order valence-electron chi connectivity index (χ4n) is 3.10. The van der Waals surface area contributed by atoms with Crippen LogP contribution in [0.3, 0.4) is 0 Å². The van der Waals surface area contributed by atoms with Gasteiger partial charge in [-0.1, -0.05) is 12.8 Å². The van der Waals surface area contributed by atoms with E-state index in [-0.39, 0.29) is 11.4 Å². The predicted molar refractivity (Wildman–Crippen MR) is 95.0 cm³/mol. The zero-order valence-electron chi connectivity index (χ0n) is 15.0. The minimum absolute atomic E-state index is 0.263. The lowest BCUT2D eigenvalue weighted by Gasteiger charge is -2.29. The Labute approximate surface area is 151 Å². The lowest BCUT2D eigenvalue weighted by atomic mass is 10.2. The van der Waals surface area contributed by atoms with Crippen molar-refractivity contribution >= 4 is 23.3 Å². The smallest absolute Gasteiger partial charge is 0.350 e. The SMILES string of the molecule is CC1(C)OC(=O)C(=CNc2ccc(N3CCCCCC3)c(F)c2)C(=O)O1. The summed E-state index contributed by atoms with van der Waals surface area (Å²) in [5.74, 6) is -3.18. The monoisotopic (exact) mass is 362 g/mol. The highest BCUT2D eigenvalue weighted by Crippen LogP contribution is 2.26. The number of nitrogens with zero attached hydrogens (tertiary/aromatic N) is 1. The van der Waals surface area contributed by atoms with Crippen LogP contribution in [0.1, 0.15) is 39.5 Å². The van der Waals surface area contributed by atoms with Crippen molar-refractivity contribution in [1.82, 2.24) is 0 Å². The van der Waals surface area contributed by atoms with Gasteiger partial charge < -0.3 is 19.7 Å². The molecule has 2 aliphatic heterocycles. The third-order valence-electron chi connectivity index (χ3n) is 4.39. The zero-order chi connectivity index (χ0) is 18.7. The van der Waals surface area contributed by atoms with E-state index in [1.165, 1.54) is 39.0 Å². The van der Waals surface area contributed by atoms with Gasteiger partial charge >= 0.3 is 11.9 Å². The maximum absolute atomic E-state index is 14.5. The minimum Gasteiger partial charge on any atom is -0.419 e. The van der Waals surface area contributed by atoms with Crippen molar-refractivity contribution in [3.63, 3.8) is 0 Å². The third-order valence-corrected chi connectivity index (χ3v) is 4.39. The van der Waals surface area contributed by atoms with Crippen molar-refractivity contribution in [2.75, 3.05) is 23.3 Å². The number of benzene rings is 1. The number of carbonyl (C=O) groups is 2. The molecular weight excluding hydrogens is 339 g/mol. The Bertz CT molecular complexity index is 715. The van der Waals surface area contributed by atoms with Crippen molar-refractivity contribution in [1.29, 1.82) is 0 Å². The molecule has 1 N–H and O–H groups in total. The lowest BCUT2D eigenvalue weighted by Crippen LogP contribution is -2.42. The van der Waals surface area contributed by atoms with E-state index >= 15 is 0 Å². The largest absolute Gasteiger partial charge is 0.419 e. The molecule has 3 rings (SSSR count). The first-order valence-electron chi connectivity index (χ1n) is 8.84. The maximum atomic E-state index is 14.5. The summed E-state index contributed by atoms with van der Waals surface area (Å²) in [4.78, 5) is 25.8. The van der Waals surface area contributed by atoms with E-state index < -0.39 is 17.7 Å². The number of anilines is 2. The first-order valence-corrected chi connectivity index (χ1v) is 8.84. The van der Waals surface area contributed by atoms with Crippen LogP contribution in [0.15, 0.2) is 30.0 Å². The molecule has 0 spiro atoms. The predicted octanol–water partition coefficient (Wildman–Crippen LogP) is 3.34. The summed E-state index contributed by atoms with van der Waals surface area (Å²) in [5, 5.41) is 2.76. The van der Waals surface area contributed by atoms with Crippen LogP contribution in [0.4, 0.5) is 15.8 Å². The fourth-order valence-corrected chi connectivity index (χ4v) is 3.10. The van der Waals surface area contributed by atoms with Gasteiger partial charge in [-0.2, -0.15) is 0 Å². The molecule has 1 aromatic rings. The number of halogens is 1. The number of esters is 2. The van der Waals surface area contributed by atoms with Gasteiger partial charge in [0.1, 0.15) is 5.82 Å². The van der Waals surface area contributed by atoms with Gasteiger partial charge in [0.15, 0.2) is 5.57 Å². The minimum atomic E-state index is -1.29. The summed E-state index contributed by atoms with van der Waals surface area (Å²) in [6.07, 6.45) is 5.65. The first-order chi connectivity index (χ1) is 12.4. The quantitative estimate of drug-likeness (QED) is 0.505. The molecular formula is C19H23FN2O4. The Morgan fingerprint density at radius 2 is 1.69 bits per heavy atom. The first kappa shape index (κ1) is 18.2. The number of cyclic esters (lactones) is 2. The van der Waals surface area contributed by atoms with Crippen molar-refractivity contribution in [2.45, 2.75) is 45.3 Å². The third kappa shape index (κ3) is 4.15. The maximum Gasteiger partial charge on any atom is 0.350 e. The molecule has 2 heterocycles. The molecule has 2 fully saturated rings. The summed E-state index contributed by atoms with van der Waals surface area (Å²) < 4.78 is 24.5. The van der Waals surface area contributed by atoms with Gasteiger partial charge in [-0.05, 0) is 31.0 Å². The molecule has 0 amide bonds. The molecule has 0 atom stereocenters. The Balaban J connectivity index is 1.72. The van der Waals surface area contributed by atoms with Gasteiger partial charge in [0.2, 0.25) is 0 Å². The van der Waals surface area contributed by atoms with E-state index in [9.17, 15) is 14.0 Å². The summed E-state index contributed by atoms with van der Waals surface area (Å²) >= 11 is 0. The highest BCUT2D eigenvalue weighted by atomic mass is 19.1. The number of rotatable bonds is 3. The Morgan fingerprint density at radius 1 is 1.08 bits per heavy atom. The molecule has 0 radical (unpaired) electrons. The van der Waals surface area contributed by atoms with Crippen LogP contribution in [0, 0.1) is 5.82 Å². The Kier molecular flexibility index (Phi) is 5.15. The normalized spacial score (nSPS) is 20.1. The van der Waals surface area contributed by atoms with E-state index in [1.54, 1.807) is 12.1 Å². The lowest BCUT2D eigenvalue weighted by molar-refractivity contribution is -0.222. The van der Waals surface area contributed by atoms with Gasteiger partial charge in [0.25, 0.3) is 5.79 Å².